The SMILES string of the molecule is Cc1cc(C)nc(CCNC(=O)c2cc3ccccc3cn2)n1. The van der Waals surface area contributed by atoms with Crippen LogP contribution in [0.1, 0.15) is 27.7 Å². The number of rotatable bonds is 4. The molecule has 0 spiro atoms. The lowest BCUT2D eigenvalue weighted by atomic mass is 10.1. The average Bonchev–Trinajstić information content (AvgIpc) is 2.53. The van der Waals surface area contributed by atoms with E-state index in [1.165, 1.54) is 0 Å². The van der Waals surface area contributed by atoms with E-state index in [1.54, 1.807) is 12.3 Å². The van der Waals surface area contributed by atoms with E-state index in [2.05, 4.69) is 20.3 Å². The van der Waals surface area contributed by atoms with Crippen LogP contribution in [0.15, 0.2) is 42.6 Å². The molecule has 0 atom stereocenters. The maximum atomic E-state index is 12.2. The molecule has 0 saturated carbocycles. The van der Waals surface area contributed by atoms with Gasteiger partial charge < -0.3 is 5.32 Å². The minimum absolute atomic E-state index is 0.180. The molecule has 5 nitrogen and oxygen atoms in total. The molecule has 1 amide bonds. The largest absolute Gasteiger partial charge is 0.350 e. The number of nitrogens with zero attached hydrogens (tertiary/aromatic N) is 3. The number of benzene rings is 1. The van der Waals surface area contributed by atoms with E-state index in [0.717, 1.165) is 28.0 Å². The number of carbonyl (C=O) groups excluding carboxylic acids is 1. The van der Waals surface area contributed by atoms with E-state index >= 15 is 0 Å². The van der Waals surface area contributed by atoms with E-state index < -0.39 is 0 Å². The fourth-order valence-electron chi connectivity index (χ4n) is 2.50. The fourth-order valence-corrected chi connectivity index (χ4v) is 2.50. The van der Waals surface area contributed by atoms with Crippen molar-refractivity contribution in [3.05, 3.63) is 65.5 Å². The van der Waals surface area contributed by atoms with Crippen molar-refractivity contribution < 1.29 is 4.79 Å². The van der Waals surface area contributed by atoms with Crippen molar-refractivity contribution in [3.8, 4) is 0 Å². The Morgan fingerprint density at radius 1 is 1.04 bits per heavy atom. The van der Waals surface area contributed by atoms with Gasteiger partial charge in [0.05, 0.1) is 0 Å². The molecule has 5 heteroatoms. The van der Waals surface area contributed by atoms with Gasteiger partial charge in [0.25, 0.3) is 5.91 Å². The summed E-state index contributed by atoms with van der Waals surface area (Å²) >= 11 is 0. The lowest BCUT2D eigenvalue weighted by Gasteiger charge is -2.06. The lowest BCUT2D eigenvalue weighted by molar-refractivity contribution is 0.0949. The molecule has 0 bridgehead atoms. The van der Waals surface area contributed by atoms with Crippen molar-refractivity contribution in [2.24, 2.45) is 0 Å². The molecule has 2 aromatic heterocycles. The first-order valence-corrected chi connectivity index (χ1v) is 7.56. The summed E-state index contributed by atoms with van der Waals surface area (Å²) in [4.78, 5) is 25.1. The topological polar surface area (TPSA) is 67.8 Å². The highest BCUT2D eigenvalue weighted by Gasteiger charge is 2.08. The highest BCUT2D eigenvalue weighted by molar-refractivity contribution is 5.96. The molecule has 116 valence electrons. The van der Waals surface area contributed by atoms with Gasteiger partial charge in [0.2, 0.25) is 0 Å². The second-order valence-electron chi connectivity index (χ2n) is 5.49. The molecule has 3 aromatic rings. The Hall–Kier alpha value is -2.82. The lowest BCUT2D eigenvalue weighted by Crippen LogP contribution is -2.27. The Morgan fingerprint density at radius 2 is 1.74 bits per heavy atom. The van der Waals surface area contributed by atoms with Crippen LogP contribution in [-0.4, -0.2) is 27.4 Å². The van der Waals surface area contributed by atoms with Crippen molar-refractivity contribution in [1.82, 2.24) is 20.3 Å². The zero-order valence-corrected chi connectivity index (χ0v) is 13.2. The van der Waals surface area contributed by atoms with Crippen molar-refractivity contribution in [2.75, 3.05) is 6.54 Å². The Labute approximate surface area is 134 Å². The number of fused-ring (bicyclic) bond motifs is 1. The van der Waals surface area contributed by atoms with Crippen LogP contribution in [0.25, 0.3) is 10.8 Å². The van der Waals surface area contributed by atoms with E-state index in [9.17, 15) is 4.79 Å². The second-order valence-corrected chi connectivity index (χ2v) is 5.49. The summed E-state index contributed by atoms with van der Waals surface area (Å²) in [5, 5.41) is 4.90. The van der Waals surface area contributed by atoms with Crippen LogP contribution in [-0.2, 0) is 6.42 Å². The molecule has 0 saturated heterocycles. The number of hydrogen-bond acceptors (Lipinski definition) is 4. The highest BCUT2D eigenvalue weighted by Crippen LogP contribution is 2.13. The van der Waals surface area contributed by atoms with E-state index in [4.69, 9.17) is 0 Å². The van der Waals surface area contributed by atoms with Crippen LogP contribution in [0.4, 0.5) is 0 Å². The summed E-state index contributed by atoms with van der Waals surface area (Å²) in [6.45, 7) is 4.36. The molecule has 0 aliphatic carbocycles. The molecule has 23 heavy (non-hydrogen) atoms. The summed E-state index contributed by atoms with van der Waals surface area (Å²) in [5.41, 5.74) is 2.30. The quantitative estimate of drug-likeness (QED) is 0.804. The maximum Gasteiger partial charge on any atom is 0.269 e. The summed E-state index contributed by atoms with van der Waals surface area (Å²) in [7, 11) is 0. The standard InChI is InChI=1S/C18H18N4O/c1-12-9-13(2)22-17(21-12)7-8-19-18(23)16-10-14-5-3-4-6-15(14)11-20-16/h3-6,9-11H,7-8H2,1-2H3,(H,19,23). The number of aryl methyl sites for hydroxylation is 2. The zero-order chi connectivity index (χ0) is 16.2. The third-order valence-corrected chi connectivity index (χ3v) is 3.53. The van der Waals surface area contributed by atoms with Crippen molar-refractivity contribution in [3.63, 3.8) is 0 Å². The van der Waals surface area contributed by atoms with Gasteiger partial charge in [-0.25, -0.2) is 9.97 Å². The summed E-state index contributed by atoms with van der Waals surface area (Å²) in [6, 6.07) is 11.6. The second kappa shape index (κ2) is 6.52. The number of carbonyl (C=O) groups is 1. The Morgan fingerprint density at radius 3 is 2.48 bits per heavy atom. The molecule has 0 radical (unpaired) electrons. The van der Waals surface area contributed by atoms with Crippen molar-refractivity contribution in [2.45, 2.75) is 20.3 Å². The van der Waals surface area contributed by atoms with Gasteiger partial charge in [0.1, 0.15) is 11.5 Å². The molecule has 1 N–H and O–H groups in total. The van der Waals surface area contributed by atoms with Crippen LogP contribution in [0.3, 0.4) is 0 Å². The van der Waals surface area contributed by atoms with Gasteiger partial charge in [-0.15, -0.1) is 0 Å². The molecular weight excluding hydrogens is 288 g/mol. The summed E-state index contributed by atoms with van der Waals surface area (Å²) in [6.07, 6.45) is 2.32. The first kappa shape index (κ1) is 15.1. The fraction of sp³-hybridized carbons (Fsp3) is 0.222. The van der Waals surface area contributed by atoms with Gasteiger partial charge >= 0.3 is 0 Å². The molecule has 1 aromatic carbocycles. The monoisotopic (exact) mass is 306 g/mol. The molecule has 3 rings (SSSR count). The van der Waals surface area contributed by atoms with Crippen LogP contribution in [0.2, 0.25) is 0 Å². The number of aromatic nitrogens is 3. The summed E-state index contributed by atoms with van der Waals surface area (Å²) < 4.78 is 0. The minimum atomic E-state index is -0.180. The first-order chi connectivity index (χ1) is 11.1. The number of amides is 1. The molecule has 0 unspecified atom stereocenters. The third kappa shape index (κ3) is 3.69. The van der Waals surface area contributed by atoms with Gasteiger partial charge in [-0.1, -0.05) is 24.3 Å². The van der Waals surface area contributed by atoms with E-state index in [0.29, 0.717) is 18.7 Å². The molecule has 0 aliphatic rings. The molecule has 0 fully saturated rings. The number of pyridine rings is 1. The first-order valence-electron chi connectivity index (χ1n) is 7.56. The predicted octanol–water partition coefficient (Wildman–Crippen LogP) is 2.61. The van der Waals surface area contributed by atoms with Crippen LogP contribution in [0, 0.1) is 13.8 Å². The predicted molar refractivity (Wildman–Crippen MR) is 89.3 cm³/mol. The highest BCUT2D eigenvalue weighted by atomic mass is 16.1. The van der Waals surface area contributed by atoms with Gasteiger partial charge in [-0.05, 0) is 31.4 Å². The molecule has 0 aliphatic heterocycles. The normalized spacial score (nSPS) is 10.7. The van der Waals surface area contributed by atoms with E-state index in [-0.39, 0.29) is 5.91 Å². The smallest absolute Gasteiger partial charge is 0.269 e. The number of hydrogen-bond donors (Lipinski definition) is 1. The van der Waals surface area contributed by atoms with Crippen LogP contribution >= 0.6 is 0 Å². The van der Waals surface area contributed by atoms with Gasteiger partial charge in [0, 0.05) is 35.9 Å². The average molecular weight is 306 g/mol. The Balaban J connectivity index is 1.64. The third-order valence-electron chi connectivity index (χ3n) is 3.53. The maximum absolute atomic E-state index is 12.2. The molecule has 2 heterocycles. The molecular formula is C18H18N4O. The van der Waals surface area contributed by atoms with Crippen LogP contribution < -0.4 is 5.32 Å². The number of nitrogens with one attached hydrogen (secondary N) is 1. The summed E-state index contributed by atoms with van der Waals surface area (Å²) in [5.74, 6) is 0.564. The van der Waals surface area contributed by atoms with E-state index in [1.807, 2.05) is 44.2 Å². The Bertz CT molecular complexity index is 840. The van der Waals surface area contributed by atoms with Crippen molar-refractivity contribution >= 4 is 16.7 Å². The van der Waals surface area contributed by atoms with Crippen molar-refractivity contribution in [1.29, 1.82) is 0 Å². The van der Waals surface area contributed by atoms with Gasteiger partial charge in [0.15, 0.2) is 0 Å². The minimum Gasteiger partial charge on any atom is -0.350 e. The Kier molecular flexibility index (Phi) is 4.28. The zero-order valence-electron chi connectivity index (χ0n) is 13.2. The van der Waals surface area contributed by atoms with Gasteiger partial charge in [-0.2, -0.15) is 0 Å². The van der Waals surface area contributed by atoms with Crippen LogP contribution in [0.5, 0.6) is 0 Å². The van der Waals surface area contributed by atoms with Gasteiger partial charge in [-0.3, -0.25) is 9.78 Å².